The Hall–Kier alpha value is -3.85. The molecule has 7 aliphatic rings. The van der Waals surface area contributed by atoms with Crippen molar-refractivity contribution < 1.29 is 70.8 Å². The normalized spacial score (nSPS) is 39.4. The van der Waals surface area contributed by atoms with Crippen molar-refractivity contribution in [2.45, 2.75) is 126 Å². The number of aliphatic hydroxyl groups is 1. The Bertz CT molecular complexity index is 2190. The number of benzene rings is 1. The zero-order valence-electron chi connectivity index (χ0n) is 35.0. The first-order valence-electron chi connectivity index (χ1n) is 21.4. The van der Waals surface area contributed by atoms with Crippen molar-refractivity contribution in [2.24, 2.45) is 28.1 Å². The summed E-state index contributed by atoms with van der Waals surface area (Å²) in [5, 5.41) is 27.9. The number of carbonyl (C=O) groups is 6. The molecule has 0 aromatic heterocycles. The SMILES string of the molecule is C[C@]12C=CC(=O)C=C1[C@@H](F)C[C@H]1[C@@H]3C[C@H]4O[C@@H](c5ccc(OC6CC7(CC(NC(=O)[C@H](CCC(=O)O)NC(=O)CNC(=O)CBr)C7)C6)cc5F)O[C@@]4(C(=O)SCF)[C@@]3(C)C[C@H](O)[C@@]12F. The van der Waals surface area contributed by atoms with Gasteiger partial charge >= 0.3 is 5.97 Å². The summed E-state index contributed by atoms with van der Waals surface area (Å²) in [5.41, 5.74) is -7.69. The number of carboxylic acids is 1. The van der Waals surface area contributed by atoms with E-state index in [2.05, 4.69) is 31.9 Å². The van der Waals surface area contributed by atoms with Crippen LogP contribution >= 0.6 is 27.7 Å². The molecule has 1 heterocycles. The van der Waals surface area contributed by atoms with Crippen LogP contribution in [0.5, 0.6) is 5.75 Å². The number of alkyl halides is 4. The summed E-state index contributed by atoms with van der Waals surface area (Å²) in [6.07, 6.45) is -1.51. The molecule has 11 atom stereocenters. The number of hydrogen-bond donors (Lipinski definition) is 5. The number of ketones is 1. The quantitative estimate of drug-likeness (QED) is 0.126. The average Bonchev–Trinajstić information content (AvgIpc) is 3.71. The number of hydrogen-bond acceptors (Lipinski definition) is 11. The molecule has 0 radical (unpaired) electrons. The maximum atomic E-state index is 17.8. The van der Waals surface area contributed by atoms with Gasteiger partial charge in [-0.2, -0.15) is 0 Å². The minimum Gasteiger partial charge on any atom is -0.490 e. The lowest BCUT2D eigenvalue weighted by Crippen LogP contribution is -2.70. The van der Waals surface area contributed by atoms with Gasteiger partial charge in [0.1, 0.15) is 29.8 Å². The second kappa shape index (κ2) is 17.1. The van der Waals surface area contributed by atoms with Crippen LogP contribution < -0.4 is 20.7 Å². The van der Waals surface area contributed by atoms with E-state index >= 15 is 13.2 Å². The van der Waals surface area contributed by atoms with E-state index in [1.807, 2.05) is 0 Å². The van der Waals surface area contributed by atoms with Crippen LogP contribution in [0.15, 0.2) is 42.0 Å². The molecule has 64 heavy (non-hydrogen) atoms. The predicted octanol–water partition coefficient (Wildman–Crippen LogP) is 4.76. The molecule has 14 nitrogen and oxygen atoms in total. The monoisotopic (exact) mass is 983 g/mol. The lowest BCUT2D eigenvalue weighted by Gasteiger charge is -2.63. The van der Waals surface area contributed by atoms with Gasteiger partial charge in [-0.25, -0.2) is 17.6 Å². The number of fused-ring (bicyclic) bond motifs is 7. The number of thioether (sulfide) groups is 1. The zero-order valence-corrected chi connectivity index (χ0v) is 37.4. The molecular formula is C44H50BrF4N3O11S. The molecule has 0 unspecified atom stereocenters. The molecule has 5 saturated carbocycles. The first-order valence-corrected chi connectivity index (χ1v) is 23.5. The fourth-order valence-corrected chi connectivity index (χ4v) is 13.2. The zero-order chi connectivity index (χ0) is 46.1. The Labute approximate surface area is 378 Å². The molecule has 1 aliphatic heterocycles. The third-order valence-corrected chi connectivity index (χ3v) is 16.5. The number of amides is 3. The minimum atomic E-state index is -2.43. The van der Waals surface area contributed by atoms with Gasteiger partial charge in [0.2, 0.25) is 22.8 Å². The number of nitrogens with one attached hydrogen (secondary N) is 3. The highest BCUT2D eigenvalue weighted by Crippen LogP contribution is 2.73. The van der Waals surface area contributed by atoms with Crippen LogP contribution in [-0.2, 0) is 38.2 Å². The fourth-order valence-electron chi connectivity index (χ4n) is 12.3. The van der Waals surface area contributed by atoms with Crippen LogP contribution in [0.25, 0.3) is 0 Å². The van der Waals surface area contributed by atoms with Crippen LogP contribution in [0.2, 0.25) is 0 Å². The van der Waals surface area contributed by atoms with Gasteiger partial charge in [0.15, 0.2) is 23.3 Å². The Balaban J connectivity index is 0.897. The van der Waals surface area contributed by atoms with Crippen molar-refractivity contribution in [3.8, 4) is 5.75 Å². The van der Waals surface area contributed by atoms with Crippen molar-refractivity contribution in [3.05, 3.63) is 53.4 Å². The topological polar surface area (TPSA) is 207 Å². The molecule has 0 bridgehead atoms. The van der Waals surface area contributed by atoms with Crippen molar-refractivity contribution >= 4 is 62.3 Å². The van der Waals surface area contributed by atoms with Crippen molar-refractivity contribution in [1.82, 2.24) is 16.0 Å². The molecule has 6 fully saturated rings. The van der Waals surface area contributed by atoms with E-state index in [9.17, 15) is 38.3 Å². The first-order chi connectivity index (χ1) is 30.2. The molecule has 6 aliphatic carbocycles. The molecule has 348 valence electrons. The summed E-state index contributed by atoms with van der Waals surface area (Å²) in [5.74, 6) is -5.72. The van der Waals surface area contributed by atoms with E-state index in [0.717, 1.165) is 12.1 Å². The first kappa shape index (κ1) is 46.7. The summed E-state index contributed by atoms with van der Waals surface area (Å²) in [7, 11) is 0. The summed E-state index contributed by atoms with van der Waals surface area (Å²) in [6, 6.07) is 1.63. The van der Waals surface area contributed by atoms with E-state index < -0.39 is 111 Å². The van der Waals surface area contributed by atoms with Gasteiger partial charge in [0.05, 0.1) is 30.2 Å². The van der Waals surface area contributed by atoms with Gasteiger partial charge in [-0.3, -0.25) is 28.8 Å². The number of aliphatic carboxylic acids is 1. The number of allylic oxidation sites excluding steroid dienone is 4. The molecule has 20 heteroatoms. The standard InChI is InChI=1S/C44H50BrF4N3O11S/c1-40-8-7-22(53)9-28(40)30(48)11-27-26-12-33-44(39(60)64-20-46,41(26,2)17-32(54)43(27,40)49)63-38(62-33)25-4-3-23(10-29(25)47)61-24-15-42(16-24)13-21(14-42)51-37(59)31(5-6-36(57)58)52-35(56)19-50-34(55)18-45/h3-4,7-10,21,24,26-27,30-33,38,54H,5-6,11-20H2,1-2H3,(H,50,55)(H,51,59)(H,52,56)(H,57,58)/t21?,24?,26-,27-,30-,31-,32-,33+,38+,40-,41-,42?,43-,44-/m0/s1. The Kier molecular flexibility index (Phi) is 12.5. The van der Waals surface area contributed by atoms with Crippen molar-refractivity contribution in [1.29, 1.82) is 0 Å². The Morgan fingerprint density at radius 1 is 1.06 bits per heavy atom. The molecule has 1 aromatic carbocycles. The van der Waals surface area contributed by atoms with Crippen LogP contribution in [0, 0.1) is 33.9 Å². The molecule has 5 N–H and O–H groups in total. The smallest absolute Gasteiger partial charge is 0.303 e. The molecule has 1 saturated heterocycles. The molecular weight excluding hydrogens is 934 g/mol. The number of carbonyl (C=O) groups excluding carboxylic acids is 5. The van der Waals surface area contributed by atoms with Gasteiger partial charge in [-0.05, 0) is 99.5 Å². The molecule has 1 spiro atoms. The summed E-state index contributed by atoms with van der Waals surface area (Å²) >= 11 is 3.31. The lowest BCUT2D eigenvalue weighted by atomic mass is 9.44. The second-order valence-electron chi connectivity index (χ2n) is 18.9. The number of rotatable bonds is 14. The summed E-state index contributed by atoms with van der Waals surface area (Å²) < 4.78 is 82.5. The van der Waals surface area contributed by atoms with Crippen LogP contribution in [-0.4, -0.2) is 111 Å². The number of aliphatic hydroxyl groups excluding tert-OH is 1. The third kappa shape index (κ3) is 7.59. The van der Waals surface area contributed by atoms with Gasteiger partial charge < -0.3 is 40.4 Å². The van der Waals surface area contributed by atoms with Crippen LogP contribution in [0.1, 0.15) is 83.5 Å². The van der Waals surface area contributed by atoms with Crippen molar-refractivity contribution in [3.63, 3.8) is 0 Å². The van der Waals surface area contributed by atoms with E-state index in [1.165, 1.54) is 31.2 Å². The van der Waals surface area contributed by atoms with Gasteiger partial charge in [-0.15, -0.1) is 0 Å². The van der Waals surface area contributed by atoms with Gasteiger partial charge in [-0.1, -0.05) is 40.7 Å². The van der Waals surface area contributed by atoms with Crippen molar-refractivity contribution in [2.75, 3.05) is 17.9 Å². The lowest BCUT2D eigenvalue weighted by molar-refractivity contribution is -0.232. The number of ether oxygens (including phenoxy) is 3. The van der Waals surface area contributed by atoms with E-state index in [0.29, 0.717) is 37.4 Å². The Morgan fingerprint density at radius 3 is 2.47 bits per heavy atom. The number of carboxylic acid groups (broad SMARTS) is 1. The van der Waals surface area contributed by atoms with E-state index in [1.54, 1.807) is 6.92 Å². The largest absolute Gasteiger partial charge is 0.490 e. The summed E-state index contributed by atoms with van der Waals surface area (Å²) in [6.45, 7) is 2.72. The van der Waals surface area contributed by atoms with Gasteiger partial charge in [0.25, 0.3) is 0 Å². The average molecular weight is 985 g/mol. The number of halogens is 5. The van der Waals surface area contributed by atoms with Crippen LogP contribution in [0.3, 0.4) is 0 Å². The molecule has 3 amide bonds. The predicted molar refractivity (Wildman–Crippen MR) is 223 cm³/mol. The fraction of sp³-hybridized carbons (Fsp3) is 0.636. The van der Waals surface area contributed by atoms with Gasteiger partial charge in [0, 0.05) is 40.8 Å². The minimum absolute atomic E-state index is 0.0156. The third-order valence-electron chi connectivity index (χ3n) is 15.3. The molecule has 1 aromatic rings. The highest BCUT2D eigenvalue weighted by atomic mass is 79.9. The van der Waals surface area contributed by atoms with E-state index in [4.69, 9.17) is 19.3 Å². The highest BCUT2D eigenvalue weighted by molar-refractivity contribution is 9.09. The highest BCUT2D eigenvalue weighted by Gasteiger charge is 2.80. The maximum Gasteiger partial charge on any atom is 0.303 e. The Morgan fingerprint density at radius 2 is 1.80 bits per heavy atom. The summed E-state index contributed by atoms with van der Waals surface area (Å²) in [4.78, 5) is 74.4. The second-order valence-corrected chi connectivity index (χ2v) is 20.3. The van der Waals surface area contributed by atoms with E-state index in [-0.39, 0.29) is 78.4 Å². The van der Waals surface area contributed by atoms with Crippen LogP contribution in [0.4, 0.5) is 17.6 Å². The molecule has 8 rings (SSSR count). The maximum absolute atomic E-state index is 17.8.